The highest BCUT2D eigenvalue weighted by atomic mass is 19.2. The third-order valence-corrected chi connectivity index (χ3v) is 3.09. The van der Waals surface area contributed by atoms with Crippen molar-refractivity contribution in [2.75, 3.05) is 33.3 Å². The first kappa shape index (κ1) is 14.3. The minimum atomic E-state index is -1.43. The van der Waals surface area contributed by atoms with Gasteiger partial charge in [-0.05, 0) is 24.7 Å². The Hall–Kier alpha value is -1.11. The Labute approximate surface area is 110 Å². The van der Waals surface area contributed by atoms with E-state index in [0.29, 0.717) is 18.7 Å². The van der Waals surface area contributed by atoms with Gasteiger partial charge in [-0.25, -0.2) is 13.2 Å². The Morgan fingerprint density at radius 3 is 2.63 bits per heavy atom. The van der Waals surface area contributed by atoms with Gasteiger partial charge in [0.25, 0.3) is 0 Å². The normalized spacial score (nSPS) is 20.7. The lowest BCUT2D eigenvalue weighted by molar-refractivity contribution is -0.0182. The van der Waals surface area contributed by atoms with E-state index in [1.165, 1.54) is 0 Å². The lowest BCUT2D eigenvalue weighted by Gasteiger charge is -2.30. The largest absolute Gasteiger partial charge is 0.374 e. The van der Waals surface area contributed by atoms with Crippen LogP contribution in [0, 0.1) is 17.5 Å². The molecule has 0 aromatic heterocycles. The van der Waals surface area contributed by atoms with Crippen LogP contribution in [0.4, 0.5) is 13.2 Å². The van der Waals surface area contributed by atoms with E-state index in [2.05, 4.69) is 10.2 Å². The van der Waals surface area contributed by atoms with Crippen LogP contribution in [0.2, 0.25) is 0 Å². The molecule has 1 aliphatic rings. The Morgan fingerprint density at radius 1 is 1.32 bits per heavy atom. The number of nitrogens with one attached hydrogen (secondary N) is 1. The maximum absolute atomic E-state index is 13.0. The first-order valence-corrected chi connectivity index (χ1v) is 6.20. The van der Waals surface area contributed by atoms with E-state index in [1.54, 1.807) is 0 Å². The second kappa shape index (κ2) is 6.36. The van der Waals surface area contributed by atoms with Crippen molar-refractivity contribution < 1.29 is 17.9 Å². The van der Waals surface area contributed by atoms with Crippen LogP contribution in [0.3, 0.4) is 0 Å². The van der Waals surface area contributed by atoms with Crippen molar-refractivity contribution in [2.24, 2.45) is 0 Å². The zero-order valence-electron chi connectivity index (χ0n) is 10.8. The van der Waals surface area contributed by atoms with E-state index in [1.807, 2.05) is 7.05 Å². The standard InChI is InChI=1S/C13H17F3N2O/c1-18-2-3-19-10(8-18)7-17-6-9-4-11(14)13(16)12(15)5-9/h4-5,10,17H,2-3,6-8H2,1H3. The van der Waals surface area contributed by atoms with E-state index in [4.69, 9.17) is 4.74 Å². The van der Waals surface area contributed by atoms with Crippen LogP contribution in [0.15, 0.2) is 12.1 Å². The first-order chi connectivity index (χ1) is 9.06. The zero-order valence-corrected chi connectivity index (χ0v) is 10.8. The molecule has 0 aliphatic carbocycles. The summed E-state index contributed by atoms with van der Waals surface area (Å²) in [7, 11) is 2.01. The maximum Gasteiger partial charge on any atom is 0.194 e. The predicted octanol–water partition coefficient (Wildman–Crippen LogP) is 1.52. The summed E-state index contributed by atoms with van der Waals surface area (Å²) >= 11 is 0. The molecule has 2 rings (SSSR count). The Bertz CT molecular complexity index is 419. The third-order valence-electron chi connectivity index (χ3n) is 3.09. The van der Waals surface area contributed by atoms with Gasteiger partial charge in [-0.2, -0.15) is 0 Å². The molecule has 1 N–H and O–H groups in total. The number of halogens is 3. The third kappa shape index (κ3) is 3.92. The first-order valence-electron chi connectivity index (χ1n) is 6.20. The lowest BCUT2D eigenvalue weighted by Crippen LogP contribution is -2.44. The molecule has 1 unspecified atom stereocenters. The quantitative estimate of drug-likeness (QED) is 0.843. The van der Waals surface area contributed by atoms with Crippen molar-refractivity contribution in [3.8, 4) is 0 Å². The van der Waals surface area contributed by atoms with E-state index in [0.717, 1.165) is 25.2 Å². The van der Waals surface area contributed by atoms with Crippen LogP contribution in [0.1, 0.15) is 5.56 Å². The van der Waals surface area contributed by atoms with Crippen molar-refractivity contribution in [2.45, 2.75) is 12.6 Å². The van der Waals surface area contributed by atoms with Crippen LogP contribution >= 0.6 is 0 Å². The fourth-order valence-electron chi connectivity index (χ4n) is 2.08. The fraction of sp³-hybridized carbons (Fsp3) is 0.538. The molecule has 1 aromatic carbocycles. The molecule has 0 saturated carbocycles. The minimum absolute atomic E-state index is 0.0638. The van der Waals surface area contributed by atoms with Gasteiger partial charge < -0.3 is 15.0 Å². The molecule has 1 saturated heterocycles. The van der Waals surface area contributed by atoms with Crippen LogP contribution in [0.25, 0.3) is 0 Å². The van der Waals surface area contributed by atoms with Crippen molar-refractivity contribution in [3.63, 3.8) is 0 Å². The van der Waals surface area contributed by atoms with Gasteiger partial charge in [-0.1, -0.05) is 0 Å². The van der Waals surface area contributed by atoms with Gasteiger partial charge in [0, 0.05) is 26.2 Å². The van der Waals surface area contributed by atoms with Gasteiger partial charge in [0.05, 0.1) is 12.7 Å². The van der Waals surface area contributed by atoms with Gasteiger partial charge >= 0.3 is 0 Å². The second-order valence-electron chi connectivity index (χ2n) is 4.76. The summed E-state index contributed by atoms with van der Waals surface area (Å²) in [5.41, 5.74) is 0.376. The van der Waals surface area contributed by atoms with Gasteiger partial charge in [0.1, 0.15) is 0 Å². The van der Waals surface area contributed by atoms with Gasteiger partial charge in [0.2, 0.25) is 0 Å². The molecule has 19 heavy (non-hydrogen) atoms. The fourth-order valence-corrected chi connectivity index (χ4v) is 2.08. The number of ether oxygens (including phenoxy) is 1. The average molecular weight is 274 g/mol. The molecule has 0 amide bonds. The molecular formula is C13H17F3N2O. The lowest BCUT2D eigenvalue weighted by atomic mass is 10.2. The molecule has 1 fully saturated rings. The SMILES string of the molecule is CN1CCOC(CNCc2cc(F)c(F)c(F)c2)C1. The summed E-state index contributed by atoms with van der Waals surface area (Å²) in [6, 6.07) is 2.00. The van der Waals surface area contributed by atoms with E-state index in [-0.39, 0.29) is 12.6 Å². The van der Waals surface area contributed by atoms with Crippen molar-refractivity contribution in [1.82, 2.24) is 10.2 Å². The monoisotopic (exact) mass is 274 g/mol. The van der Waals surface area contributed by atoms with Gasteiger partial charge in [-0.3, -0.25) is 0 Å². The van der Waals surface area contributed by atoms with Crippen molar-refractivity contribution in [1.29, 1.82) is 0 Å². The summed E-state index contributed by atoms with van der Waals surface area (Å²) in [5.74, 6) is -3.75. The smallest absolute Gasteiger partial charge is 0.194 e. The number of benzene rings is 1. The summed E-state index contributed by atoms with van der Waals surface area (Å²) in [6.07, 6.45) is 0.0638. The highest BCUT2D eigenvalue weighted by Gasteiger charge is 2.17. The Kier molecular flexibility index (Phi) is 4.79. The van der Waals surface area contributed by atoms with Crippen molar-refractivity contribution >= 4 is 0 Å². The molecule has 1 heterocycles. The minimum Gasteiger partial charge on any atom is -0.374 e. The summed E-state index contributed by atoms with van der Waals surface area (Å²) < 4.78 is 44.3. The average Bonchev–Trinajstić information content (AvgIpc) is 2.36. The summed E-state index contributed by atoms with van der Waals surface area (Å²) in [5, 5.41) is 3.06. The highest BCUT2D eigenvalue weighted by molar-refractivity contribution is 5.19. The van der Waals surface area contributed by atoms with Gasteiger partial charge in [-0.15, -0.1) is 0 Å². The Balaban J connectivity index is 1.82. The van der Waals surface area contributed by atoms with Crippen LogP contribution < -0.4 is 5.32 Å². The highest BCUT2D eigenvalue weighted by Crippen LogP contribution is 2.13. The number of morpholine rings is 1. The number of likely N-dealkylation sites (N-methyl/N-ethyl adjacent to an activating group) is 1. The van der Waals surface area contributed by atoms with E-state index in [9.17, 15) is 13.2 Å². The summed E-state index contributed by atoms with van der Waals surface area (Å²) in [6.45, 7) is 3.27. The van der Waals surface area contributed by atoms with Gasteiger partial charge in [0.15, 0.2) is 17.5 Å². The number of hydrogen-bond donors (Lipinski definition) is 1. The molecule has 6 heteroatoms. The van der Waals surface area contributed by atoms with E-state index < -0.39 is 17.5 Å². The van der Waals surface area contributed by atoms with Crippen LogP contribution in [0.5, 0.6) is 0 Å². The summed E-state index contributed by atoms with van der Waals surface area (Å²) in [4.78, 5) is 2.16. The van der Waals surface area contributed by atoms with Crippen molar-refractivity contribution in [3.05, 3.63) is 35.1 Å². The zero-order chi connectivity index (χ0) is 13.8. The molecule has 3 nitrogen and oxygen atoms in total. The molecule has 1 aromatic rings. The second-order valence-corrected chi connectivity index (χ2v) is 4.76. The molecule has 0 radical (unpaired) electrons. The molecule has 0 bridgehead atoms. The molecule has 106 valence electrons. The number of nitrogens with zero attached hydrogens (tertiary/aromatic N) is 1. The maximum atomic E-state index is 13.0. The van der Waals surface area contributed by atoms with Crippen LogP contribution in [-0.2, 0) is 11.3 Å². The molecule has 1 atom stereocenters. The topological polar surface area (TPSA) is 24.5 Å². The molecular weight excluding hydrogens is 257 g/mol. The number of hydrogen-bond acceptors (Lipinski definition) is 3. The van der Waals surface area contributed by atoms with Crippen LogP contribution in [-0.4, -0.2) is 44.3 Å². The van der Waals surface area contributed by atoms with E-state index >= 15 is 0 Å². The predicted molar refractivity (Wildman–Crippen MR) is 65.3 cm³/mol. The molecule has 1 aliphatic heterocycles. The molecule has 0 spiro atoms. The Morgan fingerprint density at radius 2 is 2.00 bits per heavy atom. The number of rotatable bonds is 4.